The molecule has 1 aromatic heterocycles. The van der Waals surface area contributed by atoms with E-state index in [1.807, 2.05) is 77.4 Å². The van der Waals surface area contributed by atoms with Crippen LogP contribution in [0, 0.1) is 0 Å². The van der Waals surface area contributed by atoms with Crippen molar-refractivity contribution in [3.63, 3.8) is 0 Å². The standard InChI is InChI=1S/C35H27ClN2O3S/c1-40-30-16-7-5-14-27(30)33-28-18-17-23-10-2-4-13-26(23)32(28)37-35-38(33)34(39)31(42-35)20-22-9-8-12-25(19-22)41-21-24-11-3-6-15-29(24)36/h2-16,19-20,33H,17-18,21H2,1H3. The number of nitrogens with zero attached hydrogens (tertiary/aromatic N) is 2. The minimum absolute atomic E-state index is 0.0672. The number of para-hydroxylation sites is 1. The summed E-state index contributed by atoms with van der Waals surface area (Å²) in [5, 5.41) is 0.671. The van der Waals surface area contributed by atoms with Crippen LogP contribution in [0.15, 0.2) is 112 Å². The van der Waals surface area contributed by atoms with Gasteiger partial charge in [0.2, 0.25) is 0 Å². The van der Waals surface area contributed by atoms with E-state index in [-0.39, 0.29) is 11.6 Å². The van der Waals surface area contributed by atoms with Crippen molar-refractivity contribution in [3.05, 3.63) is 155 Å². The molecule has 0 saturated heterocycles. The Kier molecular flexibility index (Phi) is 7.02. The molecule has 0 radical (unpaired) electrons. The summed E-state index contributed by atoms with van der Waals surface area (Å²) in [4.78, 5) is 19.9. The van der Waals surface area contributed by atoms with Crippen LogP contribution < -0.4 is 24.4 Å². The Morgan fingerprint density at radius 2 is 1.79 bits per heavy atom. The summed E-state index contributed by atoms with van der Waals surface area (Å²) in [7, 11) is 1.68. The Hall–Kier alpha value is -4.39. The van der Waals surface area contributed by atoms with E-state index in [1.54, 1.807) is 7.11 Å². The fourth-order valence-corrected chi connectivity index (χ4v) is 7.00. The fraction of sp³-hybridized carbons (Fsp3) is 0.143. The van der Waals surface area contributed by atoms with Crippen LogP contribution in [0.2, 0.25) is 5.02 Å². The molecular weight excluding hydrogens is 564 g/mol. The minimum Gasteiger partial charge on any atom is -0.496 e. The minimum atomic E-state index is -0.298. The van der Waals surface area contributed by atoms with E-state index in [1.165, 1.54) is 16.9 Å². The Balaban J connectivity index is 1.34. The highest BCUT2D eigenvalue weighted by Crippen LogP contribution is 2.43. The Bertz CT molecular complexity index is 2040. The molecule has 208 valence electrons. The van der Waals surface area contributed by atoms with Crippen molar-refractivity contribution in [1.82, 2.24) is 4.57 Å². The second kappa shape index (κ2) is 11.1. The van der Waals surface area contributed by atoms with Crippen LogP contribution in [0.25, 0.3) is 11.8 Å². The average molecular weight is 591 g/mol. The summed E-state index contributed by atoms with van der Waals surface area (Å²) in [6.45, 7) is 0.358. The molecule has 5 aromatic rings. The zero-order valence-electron chi connectivity index (χ0n) is 22.9. The van der Waals surface area contributed by atoms with Crippen molar-refractivity contribution in [3.8, 4) is 11.5 Å². The van der Waals surface area contributed by atoms with Crippen molar-refractivity contribution in [2.24, 2.45) is 4.99 Å². The molecule has 1 aliphatic heterocycles. The lowest BCUT2D eigenvalue weighted by Gasteiger charge is -2.31. The summed E-state index contributed by atoms with van der Waals surface area (Å²) in [6, 6.07) is 31.5. The van der Waals surface area contributed by atoms with E-state index in [0.29, 0.717) is 26.7 Å². The third kappa shape index (κ3) is 4.77. The highest BCUT2D eigenvalue weighted by Gasteiger charge is 2.33. The maximum absolute atomic E-state index is 14.1. The van der Waals surface area contributed by atoms with Crippen molar-refractivity contribution < 1.29 is 9.47 Å². The van der Waals surface area contributed by atoms with Gasteiger partial charge in [-0.2, -0.15) is 0 Å². The van der Waals surface area contributed by atoms with Gasteiger partial charge in [0, 0.05) is 21.7 Å². The van der Waals surface area contributed by atoms with Crippen LogP contribution in [0.4, 0.5) is 0 Å². The summed E-state index contributed by atoms with van der Waals surface area (Å²) >= 11 is 7.71. The monoisotopic (exact) mass is 590 g/mol. The smallest absolute Gasteiger partial charge is 0.271 e. The van der Waals surface area contributed by atoms with E-state index in [9.17, 15) is 4.79 Å². The molecule has 5 nitrogen and oxygen atoms in total. The number of allylic oxidation sites excluding steroid dienone is 1. The van der Waals surface area contributed by atoms with Crippen LogP contribution in [-0.4, -0.2) is 11.7 Å². The lowest BCUT2D eigenvalue weighted by atomic mass is 9.83. The van der Waals surface area contributed by atoms with Crippen LogP contribution in [-0.2, 0) is 13.0 Å². The zero-order chi connectivity index (χ0) is 28.6. The summed E-state index contributed by atoms with van der Waals surface area (Å²) < 4.78 is 14.3. The molecule has 4 aromatic carbocycles. The number of aryl methyl sites for hydroxylation is 1. The van der Waals surface area contributed by atoms with E-state index >= 15 is 0 Å². The van der Waals surface area contributed by atoms with Gasteiger partial charge in [-0.15, -0.1) is 0 Å². The SMILES string of the molecule is COc1ccccc1C1C2=C(N=c3sc(=Cc4cccc(OCc5ccccc5Cl)c4)c(=O)n31)c1ccccc1CC2. The molecule has 1 unspecified atom stereocenters. The summed E-state index contributed by atoms with van der Waals surface area (Å²) in [5.74, 6) is 1.46. The van der Waals surface area contributed by atoms with E-state index < -0.39 is 0 Å². The van der Waals surface area contributed by atoms with Gasteiger partial charge in [0.15, 0.2) is 4.80 Å². The third-order valence-electron chi connectivity index (χ3n) is 7.81. The highest BCUT2D eigenvalue weighted by molar-refractivity contribution is 7.07. The number of methoxy groups -OCH3 is 1. The van der Waals surface area contributed by atoms with Gasteiger partial charge in [-0.05, 0) is 59.9 Å². The molecule has 42 heavy (non-hydrogen) atoms. The van der Waals surface area contributed by atoms with Gasteiger partial charge in [0.25, 0.3) is 5.56 Å². The molecule has 2 heterocycles. The van der Waals surface area contributed by atoms with Crippen LogP contribution >= 0.6 is 22.9 Å². The molecule has 0 spiro atoms. The maximum Gasteiger partial charge on any atom is 0.271 e. The molecule has 0 N–H and O–H groups in total. The average Bonchev–Trinajstić information content (AvgIpc) is 3.33. The number of thiazole rings is 1. The van der Waals surface area contributed by atoms with Crippen molar-refractivity contribution in [2.45, 2.75) is 25.5 Å². The molecule has 7 heteroatoms. The van der Waals surface area contributed by atoms with Crippen LogP contribution in [0.5, 0.6) is 11.5 Å². The number of rotatable bonds is 6. The Labute approximate surface area is 252 Å². The molecular formula is C35H27ClN2O3S. The van der Waals surface area contributed by atoms with E-state index in [0.717, 1.165) is 52.1 Å². The number of aromatic nitrogens is 1. The van der Waals surface area contributed by atoms with Gasteiger partial charge in [-0.1, -0.05) is 95.7 Å². The van der Waals surface area contributed by atoms with Crippen LogP contribution in [0.3, 0.4) is 0 Å². The molecule has 1 aliphatic carbocycles. The van der Waals surface area contributed by atoms with Crippen LogP contribution in [0.1, 0.15) is 40.3 Å². The molecule has 0 amide bonds. The largest absolute Gasteiger partial charge is 0.496 e. The number of benzene rings is 4. The lowest BCUT2D eigenvalue weighted by Crippen LogP contribution is -2.39. The lowest BCUT2D eigenvalue weighted by molar-refractivity contribution is 0.306. The normalized spacial score (nSPS) is 15.9. The first kappa shape index (κ1) is 26.5. The molecule has 0 fully saturated rings. The molecule has 0 bridgehead atoms. The van der Waals surface area contributed by atoms with Gasteiger partial charge in [0.1, 0.15) is 18.1 Å². The van der Waals surface area contributed by atoms with Gasteiger partial charge in [-0.3, -0.25) is 9.36 Å². The van der Waals surface area contributed by atoms with Gasteiger partial charge in [0.05, 0.1) is 23.4 Å². The Morgan fingerprint density at radius 1 is 0.976 bits per heavy atom. The van der Waals surface area contributed by atoms with E-state index in [4.69, 9.17) is 26.1 Å². The van der Waals surface area contributed by atoms with E-state index in [2.05, 4.69) is 30.3 Å². The quantitative estimate of drug-likeness (QED) is 0.225. The third-order valence-corrected chi connectivity index (χ3v) is 9.17. The summed E-state index contributed by atoms with van der Waals surface area (Å²) in [5.41, 5.74) is 7.22. The van der Waals surface area contributed by atoms with Crippen molar-refractivity contribution >= 4 is 34.7 Å². The highest BCUT2D eigenvalue weighted by atomic mass is 35.5. The van der Waals surface area contributed by atoms with Crippen molar-refractivity contribution in [1.29, 1.82) is 0 Å². The molecule has 2 aliphatic rings. The number of hydrogen-bond acceptors (Lipinski definition) is 5. The predicted molar refractivity (Wildman–Crippen MR) is 168 cm³/mol. The van der Waals surface area contributed by atoms with Crippen molar-refractivity contribution in [2.75, 3.05) is 7.11 Å². The van der Waals surface area contributed by atoms with Gasteiger partial charge >= 0.3 is 0 Å². The first-order valence-corrected chi connectivity index (χ1v) is 15.0. The number of ether oxygens (including phenoxy) is 2. The predicted octanol–water partition coefficient (Wildman–Crippen LogP) is 6.56. The van der Waals surface area contributed by atoms with Gasteiger partial charge < -0.3 is 9.47 Å². The van der Waals surface area contributed by atoms with Gasteiger partial charge in [-0.25, -0.2) is 4.99 Å². The number of halogens is 1. The zero-order valence-corrected chi connectivity index (χ0v) is 24.5. The second-order valence-electron chi connectivity index (χ2n) is 10.3. The number of fused-ring (bicyclic) bond motifs is 3. The number of hydrogen-bond donors (Lipinski definition) is 0. The Morgan fingerprint density at radius 3 is 2.67 bits per heavy atom. The fourth-order valence-electron chi connectivity index (χ4n) is 5.81. The molecule has 7 rings (SSSR count). The first-order chi connectivity index (χ1) is 20.6. The first-order valence-electron chi connectivity index (χ1n) is 13.8. The summed E-state index contributed by atoms with van der Waals surface area (Å²) in [6.07, 6.45) is 3.65. The molecule has 1 atom stereocenters. The molecule has 0 saturated carbocycles. The topological polar surface area (TPSA) is 52.8 Å². The second-order valence-corrected chi connectivity index (χ2v) is 11.7. The maximum atomic E-state index is 14.1.